The number of hydrogen-bond donors (Lipinski definition) is 1. The van der Waals surface area contributed by atoms with Crippen LogP contribution in [0.25, 0.3) is 10.9 Å². The van der Waals surface area contributed by atoms with Gasteiger partial charge in [-0.3, -0.25) is 14.3 Å². The van der Waals surface area contributed by atoms with E-state index in [9.17, 15) is 18.4 Å². The second-order valence-electron chi connectivity index (χ2n) is 9.40. The lowest BCUT2D eigenvalue weighted by atomic mass is 9.91. The number of nitrogens with zero attached hydrogens (tertiary/aromatic N) is 4. The Morgan fingerprint density at radius 1 is 1.23 bits per heavy atom. The summed E-state index contributed by atoms with van der Waals surface area (Å²) in [6, 6.07) is 9.56. The molecule has 1 aliphatic heterocycles. The average Bonchev–Trinajstić information content (AvgIpc) is 3.60. The van der Waals surface area contributed by atoms with Crippen LogP contribution in [0, 0.1) is 0 Å². The van der Waals surface area contributed by atoms with Gasteiger partial charge in [0.05, 0.1) is 37.2 Å². The minimum atomic E-state index is -2.82. The van der Waals surface area contributed by atoms with E-state index >= 15 is 0 Å². The molecule has 10 heteroatoms. The summed E-state index contributed by atoms with van der Waals surface area (Å²) in [7, 11) is 1.73. The molecule has 1 aromatic carbocycles. The van der Waals surface area contributed by atoms with Gasteiger partial charge in [0.15, 0.2) is 0 Å². The van der Waals surface area contributed by atoms with Gasteiger partial charge in [-0.25, -0.2) is 0 Å². The summed E-state index contributed by atoms with van der Waals surface area (Å²) in [4.78, 5) is 33.4. The van der Waals surface area contributed by atoms with E-state index in [0.29, 0.717) is 36.5 Å². The first-order chi connectivity index (χ1) is 16.9. The van der Waals surface area contributed by atoms with Gasteiger partial charge in [-0.1, -0.05) is 31.0 Å². The molecular weight excluding hydrogens is 456 g/mol. The zero-order valence-electron chi connectivity index (χ0n) is 19.7. The minimum Gasteiger partial charge on any atom is -0.351 e. The summed E-state index contributed by atoms with van der Waals surface area (Å²) in [6.07, 6.45) is 5.28. The molecule has 3 heterocycles. The van der Waals surface area contributed by atoms with Gasteiger partial charge >= 0.3 is 6.61 Å². The van der Waals surface area contributed by atoms with Crippen LogP contribution in [-0.2, 0) is 17.8 Å². The fourth-order valence-corrected chi connectivity index (χ4v) is 5.48. The fraction of sp³-hybridized carbons (Fsp3) is 0.480. The Labute approximate surface area is 201 Å². The number of rotatable bonds is 7. The zero-order chi connectivity index (χ0) is 24.6. The highest BCUT2D eigenvalue weighted by Crippen LogP contribution is 2.38. The van der Waals surface area contributed by atoms with Gasteiger partial charge in [0.25, 0.3) is 11.8 Å². The van der Waals surface area contributed by atoms with Crippen LogP contribution in [0.4, 0.5) is 8.78 Å². The normalized spacial score (nSPS) is 17.2. The molecule has 3 aromatic rings. The third-order valence-corrected chi connectivity index (χ3v) is 7.51. The Bertz CT molecular complexity index is 1200. The first-order valence-electron chi connectivity index (χ1n) is 12.0. The van der Waals surface area contributed by atoms with Crippen molar-refractivity contribution in [2.75, 3.05) is 20.2 Å². The van der Waals surface area contributed by atoms with Crippen LogP contribution in [0.3, 0.4) is 0 Å². The topological polar surface area (TPSA) is 83.5 Å². The van der Waals surface area contributed by atoms with E-state index in [2.05, 4.69) is 14.8 Å². The molecule has 1 N–H and O–H groups in total. The van der Waals surface area contributed by atoms with Crippen LogP contribution in [-0.4, -0.2) is 68.7 Å². The molecule has 1 aliphatic carbocycles. The Morgan fingerprint density at radius 3 is 2.74 bits per heavy atom. The Balaban J connectivity index is 1.34. The lowest BCUT2D eigenvalue weighted by molar-refractivity contribution is -0.134. The number of H-pyrrole nitrogens is 1. The van der Waals surface area contributed by atoms with E-state index in [1.165, 1.54) is 0 Å². The van der Waals surface area contributed by atoms with Gasteiger partial charge in [-0.2, -0.15) is 13.9 Å². The van der Waals surface area contributed by atoms with Gasteiger partial charge in [0, 0.05) is 30.0 Å². The highest BCUT2D eigenvalue weighted by atomic mass is 19.3. The molecule has 5 rings (SSSR count). The molecule has 35 heavy (non-hydrogen) atoms. The molecule has 0 spiro atoms. The number of aromatic amines is 1. The van der Waals surface area contributed by atoms with E-state index in [-0.39, 0.29) is 25.0 Å². The number of fused-ring (bicyclic) bond motifs is 2. The number of nitrogens with one attached hydrogen (secondary N) is 1. The van der Waals surface area contributed by atoms with Crippen molar-refractivity contribution in [2.24, 2.45) is 0 Å². The second-order valence-corrected chi connectivity index (χ2v) is 9.40. The molecule has 0 saturated heterocycles. The molecule has 0 unspecified atom stereocenters. The molecule has 8 nitrogen and oxygen atoms in total. The first-order valence-corrected chi connectivity index (χ1v) is 12.0. The molecule has 1 saturated carbocycles. The molecule has 0 atom stereocenters. The summed E-state index contributed by atoms with van der Waals surface area (Å²) in [5.74, 6) is -0.332. The highest BCUT2D eigenvalue weighted by Gasteiger charge is 2.41. The van der Waals surface area contributed by atoms with Crippen LogP contribution < -0.4 is 0 Å². The number of benzene rings is 1. The number of hydrogen-bond acceptors (Lipinski definition) is 4. The number of amides is 2. The van der Waals surface area contributed by atoms with Crippen molar-refractivity contribution in [3.63, 3.8) is 0 Å². The fourth-order valence-electron chi connectivity index (χ4n) is 5.48. The van der Waals surface area contributed by atoms with Crippen molar-refractivity contribution < 1.29 is 23.1 Å². The van der Waals surface area contributed by atoms with Crippen LogP contribution >= 0.6 is 0 Å². The lowest BCUT2D eigenvalue weighted by Crippen LogP contribution is -2.49. The third-order valence-electron chi connectivity index (χ3n) is 7.51. The van der Waals surface area contributed by atoms with Crippen molar-refractivity contribution in [3.8, 4) is 0 Å². The smallest absolute Gasteiger partial charge is 0.345 e. The van der Waals surface area contributed by atoms with Crippen molar-refractivity contribution in [1.82, 2.24) is 24.6 Å². The van der Waals surface area contributed by atoms with E-state index in [0.717, 1.165) is 36.6 Å². The molecule has 2 amide bonds. The summed E-state index contributed by atoms with van der Waals surface area (Å²) in [5.41, 5.74) is 2.02. The maximum Gasteiger partial charge on any atom is 0.345 e. The van der Waals surface area contributed by atoms with Crippen molar-refractivity contribution in [3.05, 3.63) is 53.5 Å². The largest absolute Gasteiger partial charge is 0.351 e. The lowest BCUT2D eigenvalue weighted by Gasteiger charge is -2.39. The van der Waals surface area contributed by atoms with E-state index < -0.39 is 12.2 Å². The van der Waals surface area contributed by atoms with Crippen LogP contribution in [0.5, 0.6) is 0 Å². The summed E-state index contributed by atoms with van der Waals surface area (Å²) >= 11 is 0. The van der Waals surface area contributed by atoms with E-state index in [4.69, 9.17) is 0 Å². The van der Waals surface area contributed by atoms with Gasteiger partial charge in [0.1, 0.15) is 5.69 Å². The number of carbonyl (C=O) groups is 2. The molecule has 1 fully saturated rings. The minimum absolute atomic E-state index is 0.103. The van der Waals surface area contributed by atoms with Gasteiger partial charge < -0.3 is 19.5 Å². The quantitative estimate of drug-likeness (QED) is 0.548. The maximum absolute atomic E-state index is 13.6. The van der Waals surface area contributed by atoms with Gasteiger partial charge in [-0.05, 0) is 31.4 Å². The van der Waals surface area contributed by atoms with Crippen LogP contribution in [0.2, 0.25) is 0 Å². The second kappa shape index (κ2) is 9.41. The van der Waals surface area contributed by atoms with E-state index in [1.807, 2.05) is 30.3 Å². The Morgan fingerprint density at radius 2 is 2.00 bits per heavy atom. The first kappa shape index (κ1) is 23.5. The number of ether oxygens (including phenoxy) is 1. The summed E-state index contributed by atoms with van der Waals surface area (Å²) < 4.78 is 31.4. The average molecular weight is 486 g/mol. The number of carbonyl (C=O) groups excluding carboxylic acids is 2. The Kier molecular flexibility index (Phi) is 6.31. The molecule has 2 aliphatic rings. The van der Waals surface area contributed by atoms with Crippen molar-refractivity contribution in [1.29, 1.82) is 0 Å². The number of halogens is 2. The number of alkyl halides is 2. The maximum atomic E-state index is 13.6. The van der Waals surface area contributed by atoms with Crippen LogP contribution in [0.1, 0.15) is 58.6 Å². The van der Waals surface area contributed by atoms with Gasteiger partial charge in [-0.15, -0.1) is 0 Å². The highest BCUT2D eigenvalue weighted by molar-refractivity contribution is 5.99. The Hall–Kier alpha value is -3.27. The zero-order valence-corrected chi connectivity index (χ0v) is 19.7. The van der Waals surface area contributed by atoms with Crippen molar-refractivity contribution in [2.45, 2.75) is 57.3 Å². The molecule has 0 radical (unpaired) electrons. The number of para-hydroxylation sites is 1. The number of aromatic nitrogens is 3. The van der Waals surface area contributed by atoms with Gasteiger partial charge in [0.2, 0.25) is 0 Å². The van der Waals surface area contributed by atoms with E-state index in [1.54, 1.807) is 27.7 Å². The summed E-state index contributed by atoms with van der Waals surface area (Å²) in [5, 5.41) is 5.36. The standard InChI is InChI=1S/C25H29F2N5O3/c1-30(25(8-4-5-9-25)10-13-35-24(26)27)22(33)18-15-28-32-12-11-31(16-21(18)32)23(34)20-14-17-6-2-3-7-19(17)29-20/h2-3,6-7,14-15,24,29H,4-5,8-13,16H2,1H3. The van der Waals surface area contributed by atoms with Crippen LogP contribution in [0.15, 0.2) is 36.5 Å². The SMILES string of the molecule is CN(C(=O)c1cnn2c1CN(C(=O)c1cc3ccccc3[nH]1)CC2)C1(CCOC(F)F)CCCC1. The predicted octanol–water partition coefficient (Wildman–Crippen LogP) is 4.03. The monoisotopic (exact) mass is 485 g/mol. The third kappa shape index (κ3) is 4.42. The predicted molar refractivity (Wildman–Crippen MR) is 125 cm³/mol. The summed E-state index contributed by atoms with van der Waals surface area (Å²) in [6.45, 7) is -1.68. The molecule has 186 valence electrons. The molecule has 2 aromatic heterocycles. The van der Waals surface area contributed by atoms with Crippen molar-refractivity contribution >= 4 is 22.7 Å². The molecular formula is C25H29F2N5O3. The molecule has 0 bridgehead atoms.